The number of fused-ring (bicyclic) bond motifs is 1. The summed E-state index contributed by atoms with van der Waals surface area (Å²) in [5.41, 5.74) is 5.07. The summed E-state index contributed by atoms with van der Waals surface area (Å²) in [5, 5.41) is 10.5. The van der Waals surface area contributed by atoms with Crippen LogP contribution in [0, 0.1) is 10.5 Å². The molecular formula is C43H62IN7O6SSi. The fourth-order valence-electron chi connectivity index (χ4n) is 6.75. The Hall–Kier alpha value is -3.55. The summed E-state index contributed by atoms with van der Waals surface area (Å²) in [4.78, 5) is 7.25. The highest BCUT2D eigenvalue weighted by Gasteiger charge is 2.39. The number of pyridine rings is 1. The van der Waals surface area contributed by atoms with Crippen LogP contribution in [0.1, 0.15) is 77.9 Å². The molecule has 59 heavy (non-hydrogen) atoms. The number of rotatable bonds is 19. The van der Waals surface area contributed by atoms with E-state index in [-0.39, 0.29) is 34.9 Å². The van der Waals surface area contributed by atoms with E-state index in [0.29, 0.717) is 59.2 Å². The fraction of sp³-hybridized carbons (Fsp3) is 0.512. The Labute approximate surface area is 365 Å². The molecule has 0 amide bonds. The van der Waals surface area contributed by atoms with Crippen LogP contribution in [0.4, 0.5) is 0 Å². The minimum atomic E-state index is -3.93. The maximum absolute atomic E-state index is 13.8. The van der Waals surface area contributed by atoms with Gasteiger partial charge in [-0.1, -0.05) is 58.0 Å². The van der Waals surface area contributed by atoms with Crippen molar-refractivity contribution in [3.8, 4) is 22.9 Å². The number of likely N-dealkylation sites (N-methyl/N-ethyl adjacent to an activating group) is 1. The number of aryl methyl sites for hydroxylation is 2. The van der Waals surface area contributed by atoms with Crippen molar-refractivity contribution in [1.82, 2.24) is 33.4 Å². The van der Waals surface area contributed by atoms with Crippen molar-refractivity contribution in [2.45, 2.75) is 123 Å². The summed E-state index contributed by atoms with van der Waals surface area (Å²) in [6, 6.07) is 8.69. The number of nitrogens with zero attached hydrogens (tertiary/aromatic N) is 7. The zero-order chi connectivity index (χ0) is 43.6. The molecule has 0 saturated heterocycles. The van der Waals surface area contributed by atoms with Gasteiger partial charge in [0.05, 0.1) is 50.8 Å². The zero-order valence-electron chi connectivity index (χ0n) is 37.0. The van der Waals surface area contributed by atoms with Crippen molar-refractivity contribution < 1.29 is 27.1 Å². The molecule has 0 unspecified atom stereocenters. The first-order valence-corrected chi connectivity index (χ1v) is 25.5. The van der Waals surface area contributed by atoms with E-state index in [1.807, 2.05) is 40.8 Å². The predicted octanol–water partition coefficient (Wildman–Crippen LogP) is 9.06. The smallest absolute Gasteiger partial charge is 0.269 e. The van der Waals surface area contributed by atoms with E-state index in [9.17, 15) is 8.42 Å². The van der Waals surface area contributed by atoms with Crippen molar-refractivity contribution >= 4 is 58.0 Å². The summed E-state index contributed by atoms with van der Waals surface area (Å²) in [5.74, 6) is 1.19. The molecule has 0 fully saturated rings. The van der Waals surface area contributed by atoms with Crippen LogP contribution >= 0.6 is 22.6 Å². The maximum atomic E-state index is 13.8. The van der Waals surface area contributed by atoms with Gasteiger partial charge < -0.3 is 18.6 Å². The van der Waals surface area contributed by atoms with Gasteiger partial charge in [0.25, 0.3) is 10.0 Å². The summed E-state index contributed by atoms with van der Waals surface area (Å²) in [6.45, 7) is 30.4. The number of aromatic nitrogens is 6. The van der Waals surface area contributed by atoms with Crippen LogP contribution < -0.4 is 9.47 Å². The van der Waals surface area contributed by atoms with E-state index in [1.165, 1.54) is 3.97 Å². The predicted molar refractivity (Wildman–Crippen MR) is 246 cm³/mol. The van der Waals surface area contributed by atoms with Crippen molar-refractivity contribution in [2.24, 2.45) is 7.05 Å². The molecular weight excluding hydrogens is 898 g/mol. The van der Waals surface area contributed by atoms with Crippen LogP contribution in [0.15, 0.2) is 54.2 Å². The lowest BCUT2D eigenvalue weighted by molar-refractivity contribution is 0.131. The van der Waals surface area contributed by atoms with Gasteiger partial charge in [-0.15, -0.1) is 5.10 Å². The molecule has 0 saturated carbocycles. The molecule has 0 radical (unpaired) electrons. The second kappa shape index (κ2) is 18.6. The standard InChI is InChI=1S/C43H62IN7O6SSi/c1-15-32-25-51(58(52,53)34-19-17-29(5)18-20-34)40-35(32)21-33(22-45-40)38-36(27-54-12)46-48(11)42(38)56-30(6)23-49(16-2)26-37-39(44)41(55-28(3)4)47-50(37)24-31(7)57-59(13,14)43(8,9)10/h15,17-22,25,28,30-31H,1,16,23-24,26-27H2,2-14H3/t30-,31-/m0/s1. The van der Waals surface area contributed by atoms with Crippen LogP contribution in [0.5, 0.6) is 11.8 Å². The molecule has 16 heteroatoms. The Morgan fingerprint density at radius 2 is 1.73 bits per heavy atom. The third-order valence-corrected chi connectivity index (χ3v) is 18.1. The highest BCUT2D eigenvalue weighted by Crippen LogP contribution is 2.39. The topological polar surface area (TPSA) is 128 Å². The first-order chi connectivity index (χ1) is 27.6. The normalized spacial score (nSPS) is 13.8. The van der Waals surface area contributed by atoms with E-state index >= 15 is 0 Å². The number of benzene rings is 1. The fourth-order valence-corrected chi connectivity index (χ4v) is 10.2. The monoisotopic (exact) mass is 959 g/mol. The molecule has 4 heterocycles. The van der Waals surface area contributed by atoms with Crippen LogP contribution in [0.2, 0.25) is 18.1 Å². The maximum Gasteiger partial charge on any atom is 0.269 e. The molecule has 4 aromatic heterocycles. The lowest BCUT2D eigenvalue weighted by atomic mass is 10.1. The lowest BCUT2D eigenvalue weighted by Crippen LogP contribution is -2.44. The molecule has 0 bridgehead atoms. The summed E-state index contributed by atoms with van der Waals surface area (Å²) < 4.78 is 58.9. The first-order valence-electron chi connectivity index (χ1n) is 20.1. The molecule has 0 aliphatic carbocycles. The van der Waals surface area contributed by atoms with Crippen LogP contribution in [-0.2, 0) is 45.9 Å². The van der Waals surface area contributed by atoms with Crippen molar-refractivity contribution in [1.29, 1.82) is 0 Å². The number of halogens is 1. The van der Waals surface area contributed by atoms with Crippen LogP contribution in [0.3, 0.4) is 0 Å². The van der Waals surface area contributed by atoms with Gasteiger partial charge in [-0.05, 0) is 100 Å². The Balaban J connectivity index is 1.44. The van der Waals surface area contributed by atoms with Crippen LogP contribution in [0.25, 0.3) is 28.2 Å². The summed E-state index contributed by atoms with van der Waals surface area (Å²) in [7, 11) is -2.46. The van der Waals surface area contributed by atoms with E-state index in [0.717, 1.165) is 26.9 Å². The van der Waals surface area contributed by atoms with Gasteiger partial charge in [0.1, 0.15) is 6.10 Å². The Morgan fingerprint density at radius 3 is 2.32 bits per heavy atom. The third kappa shape index (κ3) is 10.3. The highest BCUT2D eigenvalue weighted by molar-refractivity contribution is 14.1. The summed E-state index contributed by atoms with van der Waals surface area (Å²) in [6.07, 6.45) is 4.56. The lowest BCUT2D eigenvalue weighted by Gasteiger charge is -2.38. The first kappa shape index (κ1) is 46.5. The second-order valence-electron chi connectivity index (χ2n) is 17.0. The second-order valence-corrected chi connectivity index (χ2v) is 24.7. The van der Waals surface area contributed by atoms with E-state index in [2.05, 4.69) is 86.5 Å². The SMILES string of the molecule is C=Cc1cn(S(=O)(=O)c2ccc(C)cc2)c2ncc(-c3c(COC)nn(C)c3O[C@@H](C)CN(CC)Cc3c(I)c(OC(C)C)nn3C[C@H](C)O[Si](C)(C)C(C)(C)C)cc12. The van der Waals surface area contributed by atoms with Gasteiger partial charge in [-0.2, -0.15) is 5.10 Å². The van der Waals surface area contributed by atoms with Crippen molar-refractivity contribution in [3.05, 3.63) is 75.4 Å². The Bertz CT molecular complexity index is 2360. The third-order valence-electron chi connectivity index (χ3n) is 10.8. The molecule has 322 valence electrons. The molecule has 2 atom stereocenters. The molecule has 0 spiro atoms. The van der Waals surface area contributed by atoms with Gasteiger partial charge >= 0.3 is 0 Å². The number of methoxy groups -OCH3 is 1. The van der Waals surface area contributed by atoms with E-state index in [1.54, 1.807) is 54.5 Å². The summed E-state index contributed by atoms with van der Waals surface area (Å²) >= 11 is 2.36. The molecule has 13 nitrogen and oxygen atoms in total. The minimum absolute atomic E-state index is 0.0155. The molecule has 5 aromatic rings. The number of hydrogen-bond acceptors (Lipinski definition) is 10. The molecule has 0 aliphatic rings. The molecule has 1 aromatic carbocycles. The Kier molecular flexibility index (Phi) is 14.7. The van der Waals surface area contributed by atoms with Gasteiger partial charge in [0.2, 0.25) is 11.8 Å². The number of ether oxygens (including phenoxy) is 3. The van der Waals surface area contributed by atoms with Crippen molar-refractivity contribution in [3.63, 3.8) is 0 Å². The Morgan fingerprint density at radius 1 is 1.05 bits per heavy atom. The average Bonchev–Trinajstić information content (AvgIpc) is 3.77. The van der Waals surface area contributed by atoms with Gasteiger partial charge in [-0.25, -0.2) is 22.1 Å². The van der Waals surface area contributed by atoms with Gasteiger partial charge in [0, 0.05) is 56.2 Å². The van der Waals surface area contributed by atoms with E-state index in [4.69, 9.17) is 33.8 Å². The van der Waals surface area contributed by atoms with Crippen LogP contribution in [-0.4, -0.2) is 88.7 Å². The number of hydrogen-bond donors (Lipinski definition) is 0. The van der Waals surface area contributed by atoms with Gasteiger partial charge in [0.15, 0.2) is 14.0 Å². The van der Waals surface area contributed by atoms with Gasteiger partial charge in [-0.3, -0.25) is 9.58 Å². The average molecular weight is 960 g/mol. The largest absolute Gasteiger partial charge is 0.473 e. The highest BCUT2D eigenvalue weighted by atomic mass is 127. The zero-order valence-corrected chi connectivity index (χ0v) is 40.9. The minimum Gasteiger partial charge on any atom is -0.473 e. The van der Waals surface area contributed by atoms with E-state index < -0.39 is 18.3 Å². The molecule has 5 rings (SSSR count). The molecule has 0 N–H and O–H groups in total. The molecule has 0 aliphatic heterocycles. The van der Waals surface area contributed by atoms with Crippen molar-refractivity contribution in [2.75, 3.05) is 20.2 Å². The quantitative estimate of drug-likeness (QED) is 0.0585.